The largest absolute Gasteiger partial charge is 0.422 e. The molecule has 0 aliphatic heterocycles. The lowest BCUT2D eigenvalue weighted by Gasteiger charge is -2.32. The molecule has 0 aromatic carbocycles. The van der Waals surface area contributed by atoms with Gasteiger partial charge >= 0.3 is 12.0 Å². The van der Waals surface area contributed by atoms with Crippen LogP contribution in [0.15, 0.2) is 23.8 Å². The molecule has 1 saturated carbocycles. The highest BCUT2D eigenvalue weighted by Gasteiger charge is 2.59. The van der Waals surface area contributed by atoms with E-state index in [4.69, 9.17) is 0 Å². The molecule has 0 saturated heterocycles. The van der Waals surface area contributed by atoms with Crippen molar-refractivity contribution in [2.45, 2.75) is 76.4 Å². The Morgan fingerprint density at radius 1 is 1.12 bits per heavy atom. The van der Waals surface area contributed by atoms with Crippen LogP contribution in [0.1, 0.15) is 58.3 Å². The van der Waals surface area contributed by atoms with Gasteiger partial charge in [0.15, 0.2) is 6.67 Å². The molecule has 0 radical (unpaired) electrons. The monoisotopic (exact) mass is 366 g/mol. The van der Waals surface area contributed by atoms with E-state index < -0.39 is 24.8 Å². The Hall–Kier alpha value is -0.910. The molecule has 0 aromatic heterocycles. The predicted octanol–water partition coefficient (Wildman–Crippen LogP) is 6.45. The lowest BCUT2D eigenvalue weighted by atomic mass is 9.76. The highest BCUT2D eigenvalue weighted by atomic mass is 19.3. The topological polar surface area (TPSA) is 9.23 Å². The summed E-state index contributed by atoms with van der Waals surface area (Å²) in [6.07, 6.45) is 7.28. The Morgan fingerprint density at radius 3 is 2.32 bits per heavy atom. The lowest BCUT2D eigenvalue weighted by molar-refractivity contribution is -0.358. The Bertz CT molecular complexity index is 478. The maximum Gasteiger partial charge on any atom is 0.422 e. The van der Waals surface area contributed by atoms with E-state index in [0.29, 0.717) is 5.92 Å². The van der Waals surface area contributed by atoms with Crippen LogP contribution in [0.5, 0.6) is 0 Å². The summed E-state index contributed by atoms with van der Waals surface area (Å²) in [6, 6.07) is 0. The molecule has 1 nitrogen and oxygen atoms in total. The van der Waals surface area contributed by atoms with Crippen LogP contribution in [0.3, 0.4) is 0 Å². The van der Waals surface area contributed by atoms with Gasteiger partial charge in [-0.1, -0.05) is 44.4 Å². The number of alkyl halides is 5. The van der Waals surface area contributed by atoms with Crippen LogP contribution >= 0.6 is 0 Å². The number of ether oxygens (including phenoxy) is 1. The van der Waals surface area contributed by atoms with Crippen molar-refractivity contribution < 1.29 is 26.7 Å². The van der Waals surface area contributed by atoms with Crippen molar-refractivity contribution in [3.8, 4) is 0 Å². The molecule has 0 heterocycles. The number of hydrogen-bond acceptors (Lipinski definition) is 1. The predicted molar refractivity (Wildman–Crippen MR) is 87.6 cm³/mol. The van der Waals surface area contributed by atoms with Crippen molar-refractivity contribution in [2.75, 3.05) is 6.67 Å². The van der Waals surface area contributed by atoms with E-state index in [1.807, 2.05) is 0 Å². The summed E-state index contributed by atoms with van der Waals surface area (Å²) in [4.78, 5) is 0. The number of allylic oxidation sites excluding steroid dienone is 2. The van der Waals surface area contributed by atoms with E-state index in [-0.39, 0.29) is 6.42 Å². The molecule has 2 rings (SSSR count). The molecular formula is C19H27F5O. The van der Waals surface area contributed by atoms with Crippen molar-refractivity contribution in [3.63, 3.8) is 0 Å². The van der Waals surface area contributed by atoms with Crippen molar-refractivity contribution in [3.05, 3.63) is 23.8 Å². The third-order valence-electron chi connectivity index (χ3n) is 5.27. The number of rotatable bonds is 8. The number of hydrogen-bond donors (Lipinski definition) is 0. The zero-order chi connectivity index (χ0) is 18.5. The van der Waals surface area contributed by atoms with Crippen molar-refractivity contribution in [1.29, 1.82) is 0 Å². The summed E-state index contributed by atoms with van der Waals surface area (Å²) in [7, 11) is 0. The molecule has 25 heavy (non-hydrogen) atoms. The normalized spacial score (nSPS) is 28.1. The molecule has 1 unspecified atom stereocenters. The summed E-state index contributed by atoms with van der Waals surface area (Å²) >= 11 is 0. The van der Waals surface area contributed by atoms with Gasteiger partial charge in [-0.25, -0.2) is 4.39 Å². The summed E-state index contributed by atoms with van der Waals surface area (Å²) in [5, 5.41) is 0. The molecule has 2 aliphatic carbocycles. The summed E-state index contributed by atoms with van der Waals surface area (Å²) < 4.78 is 68.7. The second-order valence-corrected chi connectivity index (χ2v) is 7.17. The molecule has 0 amide bonds. The highest BCUT2D eigenvalue weighted by molar-refractivity contribution is 5.27. The van der Waals surface area contributed by atoms with Crippen LogP contribution in [-0.4, -0.2) is 24.8 Å². The quantitative estimate of drug-likeness (QED) is 0.448. The first-order valence-electron chi connectivity index (χ1n) is 9.16. The van der Waals surface area contributed by atoms with E-state index in [1.165, 1.54) is 38.2 Å². The molecule has 0 bridgehead atoms. The molecule has 0 spiro atoms. The van der Waals surface area contributed by atoms with Crippen molar-refractivity contribution >= 4 is 0 Å². The summed E-state index contributed by atoms with van der Waals surface area (Å²) in [6.45, 7) is -0.256. The molecule has 0 aromatic rings. The smallest absolute Gasteiger partial charge is 0.308 e. The van der Waals surface area contributed by atoms with E-state index >= 15 is 0 Å². The second-order valence-electron chi connectivity index (χ2n) is 7.17. The van der Waals surface area contributed by atoms with Gasteiger partial charge in [0.05, 0.1) is 6.10 Å². The van der Waals surface area contributed by atoms with Gasteiger partial charge in [0.25, 0.3) is 0 Å². The molecule has 2 aliphatic rings. The van der Waals surface area contributed by atoms with E-state index in [9.17, 15) is 22.0 Å². The van der Waals surface area contributed by atoms with Crippen LogP contribution in [0.2, 0.25) is 0 Å². The van der Waals surface area contributed by atoms with Gasteiger partial charge < -0.3 is 4.74 Å². The molecule has 1 fully saturated rings. The first-order valence-corrected chi connectivity index (χ1v) is 9.16. The van der Waals surface area contributed by atoms with Crippen LogP contribution in [0.25, 0.3) is 0 Å². The molecular weight excluding hydrogens is 339 g/mol. The SMILES string of the molecule is CCCC[C@H]1CC[C@H](C2=CCC(OC(F)(F)C(F)(F)CF)C=C2)CC1. The fourth-order valence-electron chi connectivity index (χ4n) is 3.64. The van der Waals surface area contributed by atoms with Crippen LogP contribution in [0.4, 0.5) is 22.0 Å². The fourth-order valence-corrected chi connectivity index (χ4v) is 3.64. The Kier molecular flexibility index (Phi) is 7.06. The first kappa shape index (κ1) is 20.4. The number of unbranched alkanes of at least 4 members (excludes halogenated alkanes) is 1. The van der Waals surface area contributed by atoms with Gasteiger partial charge in [-0.15, -0.1) is 0 Å². The second kappa shape index (κ2) is 8.65. The Balaban J connectivity index is 1.83. The maximum absolute atomic E-state index is 13.3. The molecule has 1 atom stereocenters. The zero-order valence-electron chi connectivity index (χ0n) is 14.6. The van der Waals surface area contributed by atoms with Gasteiger partial charge in [0.2, 0.25) is 0 Å². The van der Waals surface area contributed by atoms with E-state index in [1.54, 1.807) is 12.2 Å². The van der Waals surface area contributed by atoms with Crippen molar-refractivity contribution in [1.82, 2.24) is 0 Å². The maximum atomic E-state index is 13.3. The minimum Gasteiger partial charge on any atom is -0.308 e. The van der Waals surface area contributed by atoms with Crippen molar-refractivity contribution in [2.24, 2.45) is 11.8 Å². The standard InChI is InChI=1S/C19H27F5O/c1-2-3-4-14-5-7-15(8-6-14)16-9-11-17(12-10-16)25-19(23,24)18(21,22)13-20/h9-11,14-15,17H,2-8,12-13H2,1H3/t14-,15-,17?. The van der Waals surface area contributed by atoms with Gasteiger partial charge in [0, 0.05) is 0 Å². The van der Waals surface area contributed by atoms with Crippen LogP contribution in [-0.2, 0) is 4.74 Å². The average Bonchev–Trinajstić information content (AvgIpc) is 2.60. The zero-order valence-corrected chi connectivity index (χ0v) is 14.6. The highest BCUT2D eigenvalue weighted by Crippen LogP contribution is 2.40. The summed E-state index contributed by atoms with van der Waals surface area (Å²) in [5.74, 6) is -3.62. The van der Waals surface area contributed by atoms with Gasteiger partial charge in [-0.2, -0.15) is 17.6 Å². The average molecular weight is 366 g/mol. The molecule has 144 valence electrons. The van der Waals surface area contributed by atoms with Gasteiger partial charge in [-0.3, -0.25) is 0 Å². The lowest BCUT2D eigenvalue weighted by Crippen LogP contribution is -2.46. The minimum absolute atomic E-state index is 0.111. The Labute approximate surface area is 146 Å². The Morgan fingerprint density at radius 2 is 1.80 bits per heavy atom. The fraction of sp³-hybridized carbons (Fsp3) is 0.789. The number of halogens is 5. The molecule has 6 heteroatoms. The van der Waals surface area contributed by atoms with E-state index in [0.717, 1.165) is 24.3 Å². The van der Waals surface area contributed by atoms with Gasteiger partial charge in [0.1, 0.15) is 0 Å². The van der Waals surface area contributed by atoms with Crippen LogP contribution in [0, 0.1) is 11.8 Å². The van der Waals surface area contributed by atoms with Crippen LogP contribution < -0.4 is 0 Å². The van der Waals surface area contributed by atoms with Gasteiger partial charge in [-0.05, 0) is 49.5 Å². The first-order chi connectivity index (χ1) is 11.8. The third-order valence-corrected chi connectivity index (χ3v) is 5.27. The summed E-state index contributed by atoms with van der Waals surface area (Å²) in [5.41, 5.74) is 1.08. The van der Waals surface area contributed by atoms with E-state index in [2.05, 4.69) is 11.7 Å². The minimum atomic E-state index is -4.81. The molecule has 0 N–H and O–H groups in total. The third kappa shape index (κ3) is 5.28.